The molecule has 2 atom stereocenters. The summed E-state index contributed by atoms with van der Waals surface area (Å²) < 4.78 is 5.58. The summed E-state index contributed by atoms with van der Waals surface area (Å²) in [5, 5.41) is 9.41. The van der Waals surface area contributed by atoms with E-state index in [2.05, 4.69) is 4.90 Å². The molecule has 3 rings (SSSR count). The Morgan fingerprint density at radius 1 is 1.50 bits per heavy atom. The number of primary amides is 1. The number of phenols is 1. The maximum atomic E-state index is 11.2. The summed E-state index contributed by atoms with van der Waals surface area (Å²) >= 11 is 0. The monoisotopic (exact) mass is 248 g/mol. The van der Waals surface area contributed by atoms with Gasteiger partial charge in [0.05, 0.1) is 12.0 Å². The van der Waals surface area contributed by atoms with Gasteiger partial charge in [0.2, 0.25) is 5.91 Å². The van der Waals surface area contributed by atoms with Crippen molar-refractivity contribution in [3.05, 3.63) is 23.8 Å². The maximum absolute atomic E-state index is 11.2. The molecule has 2 aliphatic rings. The van der Waals surface area contributed by atoms with Crippen LogP contribution in [0.25, 0.3) is 0 Å². The van der Waals surface area contributed by atoms with E-state index in [4.69, 9.17) is 10.5 Å². The summed E-state index contributed by atoms with van der Waals surface area (Å²) in [6.07, 6.45) is 0.819. The zero-order valence-corrected chi connectivity index (χ0v) is 10.0. The number of rotatable bonds is 2. The van der Waals surface area contributed by atoms with Gasteiger partial charge in [0.25, 0.3) is 0 Å². The number of hydrogen-bond acceptors (Lipinski definition) is 4. The van der Waals surface area contributed by atoms with E-state index >= 15 is 0 Å². The molecule has 1 amide bonds. The predicted octanol–water partition coefficient (Wildman–Crippen LogP) is 0.633. The Labute approximate surface area is 105 Å². The van der Waals surface area contributed by atoms with Crippen LogP contribution >= 0.6 is 0 Å². The molecule has 0 saturated carbocycles. The highest BCUT2D eigenvalue weighted by Gasteiger charge is 2.36. The van der Waals surface area contributed by atoms with Crippen molar-refractivity contribution in [2.45, 2.75) is 12.5 Å². The Morgan fingerprint density at radius 2 is 2.33 bits per heavy atom. The topological polar surface area (TPSA) is 75.8 Å². The van der Waals surface area contributed by atoms with Crippen LogP contribution in [-0.2, 0) is 4.79 Å². The van der Waals surface area contributed by atoms with Gasteiger partial charge in [0.15, 0.2) is 0 Å². The minimum absolute atomic E-state index is 0.0498. The minimum atomic E-state index is -0.220. The molecule has 0 aromatic heterocycles. The van der Waals surface area contributed by atoms with E-state index in [-0.39, 0.29) is 23.6 Å². The van der Waals surface area contributed by atoms with Gasteiger partial charge in [-0.1, -0.05) is 0 Å². The third-order valence-corrected chi connectivity index (χ3v) is 3.82. The van der Waals surface area contributed by atoms with Crippen molar-refractivity contribution < 1.29 is 14.6 Å². The number of carbonyl (C=O) groups excluding carboxylic acids is 1. The number of carbonyl (C=O) groups is 1. The molecule has 2 unspecified atom stereocenters. The van der Waals surface area contributed by atoms with Crippen molar-refractivity contribution in [3.8, 4) is 11.5 Å². The van der Waals surface area contributed by atoms with E-state index in [9.17, 15) is 9.90 Å². The lowest BCUT2D eigenvalue weighted by molar-refractivity contribution is -0.121. The first-order chi connectivity index (χ1) is 8.65. The Hall–Kier alpha value is -1.75. The molecule has 0 radical (unpaired) electrons. The average molecular weight is 248 g/mol. The third kappa shape index (κ3) is 1.80. The summed E-state index contributed by atoms with van der Waals surface area (Å²) in [6, 6.07) is 5.36. The van der Waals surface area contributed by atoms with E-state index < -0.39 is 0 Å². The lowest BCUT2D eigenvalue weighted by Gasteiger charge is -2.22. The average Bonchev–Trinajstić information content (AvgIpc) is 2.92. The summed E-state index contributed by atoms with van der Waals surface area (Å²) in [5.41, 5.74) is 6.42. The van der Waals surface area contributed by atoms with Crippen molar-refractivity contribution in [1.29, 1.82) is 0 Å². The zero-order chi connectivity index (χ0) is 12.7. The molecule has 1 fully saturated rings. The lowest BCUT2D eigenvalue weighted by atomic mass is 10.1. The van der Waals surface area contributed by atoms with E-state index in [1.807, 2.05) is 6.07 Å². The molecular formula is C13H16N2O3. The van der Waals surface area contributed by atoms with Crippen LogP contribution < -0.4 is 10.5 Å². The van der Waals surface area contributed by atoms with E-state index in [0.717, 1.165) is 24.3 Å². The number of nitrogens with zero attached hydrogens (tertiary/aromatic N) is 1. The van der Waals surface area contributed by atoms with Crippen molar-refractivity contribution in [1.82, 2.24) is 4.90 Å². The standard InChI is InChI=1S/C13H16N2O3/c14-13(17)8-3-4-15(6-8)11-7-18-12-5-9(16)1-2-10(11)12/h1-2,5,8,11,16H,3-4,6-7H2,(H2,14,17). The first-order valence-electron chi connectivity index (χ1n) is 6.14. The van der Waals surface area contributed by atoms with Crippen molar-refractivity contribution in [2.75, 3.05) is 19.7 Å². The summed E-state index contributed by atoms with van der Waals surface area (Å²) in [6.45, 7) is 2.13. The minimum Gasteiger partial charge on any atom is -0.508 e. The molecule has 5 heteroatoms. The normalized spacial score (nSPS) is 26.9. The van der Waals surface area contributed by atoms with E-state index in [1.165, 1.54) is 0 Å². The first-order valence-corrected chi connectivity index (χ1v) is 6.14. The van der Waals surface area contributed by atoms with Gasteiger partial charge in [-0.25, -0.2) is 0 Å². The van der Waals surface area contributed by atoms with Crippen LogP contribution in [0.15, 0.2) is 18.2 Å². The Kier molecular flexibility index (Phi) is 2.63. The number of likely N-dealkylation sites (tertiary alicyclic amines) is 1. The van der Waals surface area contributed by atoms with Gasteiger partial charge in [-0.2, -0.15) is 0 Å². The van der Waals surface area contributed by atoms with Crippen LogP contribution in [0.2, 0.25) is 0 Å². The number of amides is 1. The molecule has 18 heavy (non-hydrogen) atoms. The van der Waals surface area contributed by atoms with Crippen molar-refractivity contribution in [3.63, 3.8) is 0 Å². The fourth-order valence-electron chi connectivity index (χ4n) is 2.79. The Bertz CT molecular complexity index is 489. The summed E-state index contributed by atoms with van der Waals surface area (Å²) in [7, 11) is 0. The Balaban J connectivity index is 1.79. The van der Waals surface area contributed by atoms with E-state index in [0.29, 0.717) is 13.2 Å². The lowest BCUT2D eigenvalue weighted by Crippen LogP contribution is -2.30. The van der Waals surface area contributed by atoms with Gasteiger partial charge in [0, 0.05) is 18.2 Å². The molecule has 0 aliphatic carbocycles. The van der Waals surface area contributed by atoms with Crippen LogP contribution in [0.3, 0.4) is 0 Å². The molecule has 96 valence electrons. The number of benzene rings is 1. The highest BCUT2D eigenvalue weighted by molar-refractivity contribution is 5.77. The molecule has 3 N–H and O–H groups in total. The van der Waals surface area contributed by atoms with Gasteiger partial charge in [-0.3, -0.25) is 9.69 Å². The molecule has 1 saturated heterocycles. The van der Waals surface area contributed by atoms with Crippen molar-refractivity contribution >= 4 is 5.91 Å². The quantitative estimate of drug-likeness (QED) is 0.805. The maximum Gasteiger partial charge on any atom is 0.221 e. The molecule has 1 aromatic carbocycles. The highest BCUT2D eigenvalue weighted by atomic mass is 16.5. The second kappa shape index (κ2) is 4.17. The number of nitrogens with two attached hydrogens (primary N) is 1. The molecule has 2 aliphatic heterocycles. The van der Waals surface area contributed by atoms with Gasteiger partial charge in [-0.05, 0) is 25.1 Å². The molecule has 2 heterocycles. The number of hydrogen-bond donors (Lipinski definition) is 2. The molecule has 0 spiro atoms. The smallest absolute Gasteiger partial charge is 0.221 e. The van der Waals surface area contributed by atoms with Gasteiger partial charge < -0.3 is 15.6 Å². The SMILES string of the molecule is NC(=O)C1CCN(C2COc3cc(O)ccc32)C1. The number of fused-ring (bicyclic) bond motifs is 1. The van der Waals surface area contributed by atoms with Crippen LogP contribution in [0.4, 0.5) is 0 Å². The highest BCUT2D eigenvalue weighted by Crippen LogP contribution is 2.39. The van der Waals surface area contributed by atoms with Gasteiger partial charge in [0.1, 0.15) is 18.1 Å². The van der Waals surface area contributed by atoms with Gasteiger partial charge >= 0.3 is 0 Å². The van der Waals surface area contributed by atoms with E-state index in [1.54, 1.807) is 12.1 Å². The largest absolute Gasteiger partial charge is 0.508 e. The van der Waals surface area contributed by atoms with Crippen molar-refractivity contribution in [2.24, 2.45) is 11.7 Å². The number of ether oxygens (including phenoxy) is 1. The second-order valence-electron chi connectivity index (χ2n) is 4.93. The van der Waals surface area contributed by atoms with Crippen LogP contribution in [0, 0.1) is 5.92 Å². The summed E-state index contributed by atoms with van der Waals surface area (Å²) in [4.78, 5) is 13.4. The molecule has 1 aromatic rings. The summed E-state index contributed by atoms with van der Waals surface area (Å²) in [5.74, 6) is 0.682. The number of aromatic hydroxyl groups is 1. The fourth-order valence-corrected chi connectivity index (χ4v) is 2.79. The van der Waals surface area contributed by atoms with Crippen LogP contribution in [0.5, 0.6) is 11.5 Å². The van der Waals surface area contributed by atoms with Crippen LogP contribution in [-0.4, -0.2) is 35.6 Å². The molecule has 5 nitrogen and oxygen atoms in total. The predicted molar refractivity (Wildman–Crippen MR) is 65.2 cm³/mol. The Morgan fingerprint density at radius 3 is 3.06 bits per heavy atom. The van der Waals surface area contributed by atoms with Gasteiger partial charge in [-0.15, -0.1) is 0 Å². The first kappa shape index (κ1) is 11.3. The fraction of sp³-hybridized carbons (Fsp3) is 0.462. The second-order valence-corrected chi connectivity index (χ2v) is 4.93. The van der Waals surface area contributed by atoms with Crippen LogP contribution in [0.1, 0.15) is 18.0 Å². The third-order valence-electron chi connectivity index (χ3n) is 3.82. The molecule has 0 bridgehead atoms. The molecular weight excluding hydrogens is 232 g/mol. The zero-order valence-electron chi connectivity index (χ0n) is 10.0. The number of phenolic OH excluding ortho intramolecular Hbond substituents is 1.